The molecule has 2 rings (SSSR count). The first kappa shape index (κ1) is 9.58. The molecule has 0 unspecified atom stereocenters. The van der Waals surface area contributed by atoms with Crippen LogP contribution in [-0.4, -0.2) is 10.2 Å². The predicted octanol–water partition coefficient (Wildman–Crippen LogP) is 3.16. The SMILES string of the molecule is Cc1c(O)c(I)cc2ccc(O)cc12. The molecule has 2 nitrogen and oxygen atoms in total. The van der Waals surface area contributed by atoms with Gasteiger partial charge in [0, 0.05) is 0 Å². The lowest BCUT2D eigenvalue weighted by molar-refractivity contribution is 0.468. The average Bonchev–Trinajstić information content (AvgIpc) is 2.16. The fourth-order valence-corrected chi connectivity index (χ4v) is 2.25. The van der Waals surface area contributed by atoms with E-state index < -0.39 is 0 Å². The van der Waals surface area contributed by atoms with Crippen LogP contribution in [-0.2, 0) is 0 Å². The maximum atomic E-state index is 9.71. The molecule has 2 N–H and O–H groups in total. The van der Waals surface area contributed by atoms with Crippen molar-refractivity contribution < 1.29 is 10.2 Å². The summed E-state index contributed by atoms with van der Waals surface area (Å²) < 4.78 is 0.832. The van der Waals surface area contributed by atoms with Crippen LogP contribution in [0.4, 0.5) is 0 Å². The molecule has 0 atom stereocenters. The van der Waals surface area contributed by atoms with Gasteiger partial charge in [-0.2, -0.15) is 0 Å². The zero-order chi connectivity index (χ0) is 10.3. The first-order chi connectivity index (χ1) is 6.59. The van der Waals surface area contributed by atoms with Gasteiger partial charge in [-0.15, -0.1) is 0 Å². The molecule has 3 heteroatoms. The molecule has 0 amide bonds. The highest BCUT2D eigenvalue weighted by molar-refractivity contribution is 14.1. The van der Waals surface area contributed by atoms with E-state index in [1.165, 1.54) is 0 Å². The van der Waals surface area contributed by atoms with Crippen molar-refractivity contribution in [3.05, 3.63) is 33.4 Å². The van der Waals surface area contributed by atoms with E-state index in [4.69, 9.17) is 0 Å². The molecular formula is C11H9IO2. The van der Waals surface area contributed by atoms with Gasteiger partial charge < -0.3 is 10.2 Å². The monoisotopic (exact) mass is 300 g/mol. The van der Waals surface area contributed by atoms with Gasteiger partial charge in [0.15, 0.2) is 0 Å². The number of halogens is 1. The van der Waals surface area contributed by atoms with Crippen molar-refractivity contribution in [2.24, 2.45) is 0 Å². The zero-order valence-electron chi connectivity index (χ0n) is 7.58. The third-order valence-corrected chi connectivity index (χ3v) is 3.13. The van der Waals surface area contributed by atoms with Crippen LogP contribution in [0.2, 0.25) is 0 Å². The topological polar surface area (TPSA) is 40.5 Å². The highest BCUT2D eigenvalue weighted by atomic mass is 127. The lowest BCUT2D eigenvalue weighted by Crippen LogP contribution is -1.83. The summed E-state index contributed by atoms with van der Waals surface area (Å²) in [5.74, 6) is 0.518. The molecule has 0 heterocycles. The second-order valence-electron chi connectivity index (χ2n) is 3.24. The summed E-state index contributed by atoms with van der Waals surface area (Å²) in [6.07, 6.45) is 0. The molecule has 0 aromatic heterocycles. The lowest BCUT2D eigenvalue weighted by Gasteiger charge is -2.07. The van der Waals surface area contributed by atoms with Crippen molar-refractivity contribution in [3.8, 4) is 11.5 Å². The fourth-order valence-electron chi connectivity index (χ4n) is 1.51. The fraction of sp³-hybridized carbons (Fsp3) is 0.0909. The van der Waals surface area contributed by atoms with Crippen molar-refractivity contribution in [3.63, 3.8) is 0 Å². The summed E-state index contributed by atoms with van der Waals surface area (Å²) in [6.45, 7) is 1.85. The number of aromatic hydroxyl groups is 2. The second-order valence-corrected chi connectivity index (χ2v) is 4.40. The van der Waals surface area contributed by atoms with Crippen molar-refractivity contribution in [1.29, 1.82) is 0 Å². The van der Waals surface area contributed by atoms with Crippen molar-refractivity contribution in [1.82, 2.24) is 0 Å². The molecule has 0 fully saturated rings. The first-order valence-corrected chi connectivity index (χ1v) is 5.28. The molecule has 0 radical (unpaired) electrons. The van der Waals surface area contributed by atoms with Crippen molar-refractivity contribution in [2.75, 3.05) is 0 Å². The Morgan fingerprint density at radius 2 is 1.86 bits per heavy atom. The van der Waals surface area contributed by atoms with E-state index >= 15 is 0 Å². The van der Waals surface area contributed by atoms with E-state index in [0.29, 0.717) is 5.75 Å². The summed E-state index contributed by atoms with van der Waals surface area (Å²) in [4.78, 5) is 0. The number of aryl methyl sites for hydroxylation is 1. The summed E-state index contributed by atoms with van der Waals surface area (Å²) in [6, 6.07) is 7.06. The van der Waals surface area contributed by atoms with Crippen LogP contribution in [0.25, 0.3) is 10.8 Å². The van der Waals surface area contributed by atoms with E-state index in [1.807, 2.05) is 19.1 Å². The summed E-state index contributed by atoms with van der Waals surface area (Å²) in [5, 5.41) is 21.0. The number of hydrogen-bond donors (Lipinski definition) is 2. The summed E-state index contributed by atoms with van der Waals surface area (Å²) >= 11 is 2.09. The molecular weight excluding hydrogens is 291 g/mol. The van der Waals surface area contributed by atoms with Gasteiger partial charge in [-0.3, -0.25) is 0 Å². The van der Waals surface area contributed by atoms with Gasteiger partial charge >= 0.3 is 0 Å². The molecule has 0 saturated heterocycles. The Kier molecular flexibility index (Phi) is 2.26. The average molecular weight is 300 g/mol. The Balaban J connectivity index is 2.92. The van der Waals surface area contributed by atoms with Gasteiger partial charge in [0.2, 0.25) is 0 Å². The molecule has 2 aromatic rings. The smallest absolute Gasteiger partial charge is 0.132 e. The second kappa shape index (κ2) is 3.31. The standard InChI is InChI=1S/C11H9IO2/c1-6-9-5-8(13)3-2-7(9)4-10(12)11(6)14/h2-5,13-14H,1H3. The molecule has 0 aliphatic heterocycles. The molecule has 0 bridgehead atoms. The minimum atomic E-state index is 0.223. The Labute approximate surface area is 95.3 Å². The van der Waals surface area contributed by atoms with Gasteiger partial charge in [0.05, 0.1) is 3.57 Å². The van der Waals surface area contributed by atoms with Crippen LogP contribution in [0.15, 0.2) is 24.3 Å². The van der Waals surface area contributed by atoms with Crippen LogP contribution >= 0.6 is 22.6 Å². The van der Waals surface area contributed by atoms with Gasteiger partial charge in [-0.1, -0.05) is 6.07 Å². The highest BCUT2D eigenvalue weighted by Crippen LogP contribution is 2.32. The van der Waals surface area contributed by atoms with Crippen LogP contribution in [0.1, 0.15) is 5.56 Å². The van der Waals surface area contributed by atoms with Crippen LogP contribution < -0.4 is 0 Å². The van der Waals surface area contributed by atoms with Gasteiger partial charge in [-0.05, 0) is 64.0 Å². The molecule has 14 heavy (non-hydrogen) atoms. The maximum Gasteiger partial charge on any atom is 0.132 e. The number of phenols is 2. The Morgan fingerprint density at radius 1 is 1.14 bits per heavy atom. The molecule has 0 saturated carbocycles. The minimum absolute atomic E-state index is 0.223. The first-order valence-electron chi connectivity index (χ1n) is 4.20. The van der Waals surface area contributed by atoms with Crippen LogP contribution in [0.5, 0.6) is 11.5 Å². The summed E-state index contributed by atoms with van der Waals surface area (Å²) in [5.41, 5.74) is 0.808. The highest BCUT2D eigenvalue weighted by Gasteiger charge is 2.07. The molecule has 2 aromatic carbocycles. The van der Waals surface area contributed by atoms with Crippen molar-refractivity contribution in [2.45, 2.75) is 6.92 Å². The van der Waals surface area contributed by atoms with Gasteiger partial charge in [0.25, 0.3) is 0 Å². The van der Waals surface area contributed by atoms with Crippen LogP contribution in [0.3, 0.4) is 0 Å². The van der Waals surface area contributed by atoms with Crippen LogP contribution in [0, 0.1) is 10.5 Å². The molecule has 0 aliphatic carbocycles. The third kappa shape index (κ3) is 1.41. The van der Waals surface area contributed by atoms with Gasteiger partial charge in [0.1, 0.15) is 11.5 Å². The zero-order valence-corrected chi connectivity index (χ0v) is 9.74. The Bertz CT molecular complexity index is 506. The third-order valence-electron chi connectivity index (χ3n) is 2.30. The van der Waals surface area contributed by atoms with E-state index in [9.17, 15) is 10.2 Å². The number of benzene rings is 2. The predicted molar refractivity (Wildman–Crippen MR) is 64.7 cm³/mol. The molecule has 72 valence electrons. The van der Waals surface area contributed by atoms with E-state index in [1.54, 1.807) is 12.1 Å². The number of fused-ring (bicyclic) bond motifs is 1. The van der Waals surface area contributed by atoms with E-state index in [2.05, 4.69) is 22.6 Å². The number of rotatable bonds is 0. The largest absolute Gasteiger partial charge is 0.508 e. The lowest BCUT2D eigenvalue weighted by atomic mass is 10.0. The van der Waals surface area contributed by atoms with Gasteiger partial charge in [-0.25, -0.2) is 0 Å². The maximum absolute atomic E-state index is 9.71. The molecule has 0 aliphatic rings. The van der Waals surface area contributed by atoms with E-state index in [-0.39, 0.29) is 5.75 Å². The molecule has 0 spiro atoms. The number of hydrogen-bond acceptors (Lipinski definition) is 2. The van der Waals surface area contributed by atoms with Crippen molar-refractivity contribution >= 4 is 33.4 Å². The minimum Gasteiger partial charge on any atom is -0.508 e. The Morgan fingerprint density at radius 3 is 2.57 bits per heavy atom. The van der Waals surface area contributed by atoms with E-state index in [0.717, 1.165) is 19.9 Å². The summed E-state index contributed by atoms with van der Waals surface area (Å²) in [7, 11) is 0. The quantitative estimate of drug-likeness (QED) is 0.734. The number of phenolic OH excluding ortho intramolecular Hbond substituents is 2. The Hall–Kier alpha value is -0.970. The normalized spacial score (nSPS) is 10.7.